The molecule has 2 N–H and O–H groups in total. The normalized spacial score (nSPS) is 12.3. The third kappa shape index (κ3) is 4.26. The number of aryl methyl sites for hydroxylation is 1. The highest BCUT2D eigenvalue weighted by Gasteiger charge is 2.27. The third-order valence-corrected chi connectivity index (χ3v) is 5.55. The van der Waals surface area contributed by atoms with E-state index in [0.29, 0.717) is 24.6 Å². The monoisotopic (exact) mass is 314 g/mol. The molecule has 6 heteroatoms. The highest BCUT2D eigenvalue weighted by atomic mass is 32.2. The van der Waals surface area contributed by atoms with Gasteiger partial charge in [-0.1, -0.05) is 13.0 Å². The van der Waals surface area contributed by atoms with Gasteiger partial charge in [0.15, 0.2) is 0 Å². The van der Waals surface area contributed by atoms with Gasteiger partial charge in [0.25, 0.3) is 0 Å². The molecule has 0 bridgehead atoms. The topological polar surface area (TPSA) is 72.6 Å². The standard InChI is InChI=1S/C15H26N2O3S/c1-5-13-6-7-15(10-14(13)11-16)21(18,19)17(12(2)3)8-9-20-4/h6-7,10,12H,5,8-9,11,16H2,1-4H3. The molecular weight excluding hydrogens is 288 g/mol. The van der Waals surface area contributed by atoms with E-state index in [1.165, 1.54) is 4.31 Å². The summed E-state index contributed by atoms with van der Waals surface area (Å²) in [7, 11) is -1.97. The van der Waals surface area contributed by atoms with Gasteiger partial charge in [-0.15, -0.1) is 0 Å². The molecule has 0 amide bonds. The Morgan fingerprint density at radius 2 is 1.95 bits per heavy atom. The highest BCUT2D eigenvalue weighted by Crippen LogP contribution is 2.21. The van der Waals surface area contributed by atoms with Crippen LogP contribution in [0.15, 0.2) is 23.1 Å². The molecule has 0 radical (unpaired) electrons. The van der Waals surface area contributed by atoms with Gasteiger partial charge in [-0.05, 0) is 43.5 Å². The van der Waals surface area contributed by atoms with Crippen LogP contribution in [0.25, 0.3) is 0 Å². The second-order valence-electron chi connectivity index (χ2n) is 5.19. The van der Waals surface area contributed by atoms with E-state index in [1.54, 1.807) is 19.2 Å². The summed E-state index contributed by atoms with van der Waals surface area (Å²) in [5, 5.41) is 0. The Morgan fingerprint density at radius 3 is 2.43 bits per heavy atom. The first-order chi connectivity index (χ1) is 9.88. The van der Waals surface area contributed by atoms with Crippen LogP contribution in [0.1, 0.15) is 31.9 Å². The Morgan fingerprint density at radius 1 is 1.29 bits per heavy atom. The first kappa shape index (κ1) is 18.1. The molecule has 0 aliphatic carbocycles. The summed E-state index contributed by atoms with van der Waals surface area (Å²) in [5.41, 5.74) is 7.70. The number of rotatable bonds is 8. The molecule has 120 valence electrons. The fourth-order valence-electron chi connectivity index (χ4n) is 2.27. The number of hydrogen-bond acceptors (Lipinski definition) is 4. The van der Waals surface area contributed by atoms with E-state index in [0.717, 1.165) is 17.5 Å². The number of ether oxygens (including phenoxy) is 1. The fourth-order valence-corrected chi connectivity index (χ4v) is 3.94. The molecule has 0 unspecified atom stereocenters. The average molecular weight is 314 g/mol. The predicted octanol–water partition coefficient (Wildman–Crippen LogP) is 1.75. The molecule has 1 rings (SSSR count). The minimum Gasteiger partial charge on any atom is -0.383 e. The van der Waals surface area contributed by atoms with Crippen molar-refractivity contribution in [3.8, 4) is 0 Å². The molecule has 21 heavy (non-hydrogen) atoms. The van der Waals surface area contributed by atoms with Crippen LogP contribution in [0.4, 0.5) is 0 Å². The summed E-state index contributed by atoms with van der Waals surface area (Å²) in [5.74, 6) is 0. The van der Waals surface area contributed by atoms with Crippen molar-refractivity contribution in [2.45, 2.75) is 44.7 Å². The molecule has 0 spiro atoms. The van der Waals surface area contributed by atoms with Gasteiger partial charge in [0.1, 0.15) is 0 Å². The van der Waals surface area contributed by atoms with Gasteiger partial charge in [-0.3, -0.25) is 0 Å². The van der Waals surface area contributed by atoms with Gasteiger partial charge in [0.05, 0.1) is 11.5 Å². The molecule has 0 aliphatic rings. The lowest BCUT2D eigenvalue weighted by Gasteiger charge is -2.26. The van der Waals surface area contributed by atoms with Crippen LogP contribution < -0.4 is 5.73 Å². The number of benzene rings is 1. The largest absolute Gasteiger partial charge is 0.383 e. The van der Waals surface area contributed by atoms with Gasteiger partial charge >= 0.3 is 0 Å². The van der Waals surface area contributed by atoms with E-state index in [2.05, 4.69) is 0 Å². The Balaban J connectivity index is 3.21. The van der Waals surface area contributed by atoms with Crippen molar-refractivity contribution in [3.63, 3.8) is 0 Å². The predicted molar refractivity (Wildman–Crippen MR) is 84.6 cm³/mol. The molecule has 1 aromatic carbocycles. The van der Waals surface area contributed by atoms with Crippen LogP contribution in [0.3, 0.4) is 0 Å². The molecule has 0 heterocycles. The molecule has 1 aromatic rings. The Hall–Kier alpha value is -0.950. The van der Waals surface area contributed by atoms with Crippen LogP contribution in [0, 0.1) is 0 Å². The van der Waals surface area contributed by atoms with Crippen molar-refractivity contribution in [2.75, 3.05) is 20.3 Å². The molecule has 0 saturated carbocycles. The van der Waals surface area contributed by atoms with Gasteiger partial charge in [0, 0.05) is 26.2 Å². The Kier molecular flexibility index (Phi) is 6.80. The Labute approximate surface area is 128 Å². The van der Waals surface area contributed by atoms with E-state index >= 15 is 0 Å². The summed E-state index contributed by atoms with van der Waals surface area (Å²) in [4.78, 5) is 0.296. The lowest BCUT2D eigenvalue weighted by molar-refractivity contribution is 0.171. The molecule has 5 nitrogen and oxygen atoms in total. The number of hydrogen-bond donors (Lipinski definition) is 1. The second-order valence-corrected chi connectivity index (χ2v) is 7.08. The molecule has 0 fully saturated rings. The lowest BCUT2D eigenvalue weighted by Crippen LogP contribution is -2.39. The van der Waals surface area contributed by atoms with E-state index in [9.17, 15) is 8.42 Å². The van der Waals surface area contributed by atoms with Crippen LogP contribution in [0.2, 0.25) is 0 Å². The molecule has 0 atom stereocenters. The minimum absolute atomic E-state index is 0.127. The molecule has 0 aliphatic heterocycles. The van der Waals surface area contributed by atoms with Crippen molar-refractivity contribution >= 4 is 10.0 Å². The van der Waals surface area contributed by atoms with Gasteiger partial charge in [0.2, 0.25) is 10.0 Å². The maximum atomic E-state index is 12.8. The molecular formula is C15H26N2O3S. The maximum Gasteiger partial charge on any atom is 0.243 e. The second kappa shape index (κ2) is 7.89. The van der Waals surface area contributed by atoms with E-state index in [4.69, 9.17) is 10.5 Å². The van der Waals surface area contributed by atoms with Crippen LogP contribution in [-0.4, -0.2) is 39.0 Å². The van der Waals surface area contributed by atoms with Crippen molar-refractivity contribution in [1.29, 1.82) is 0 Å². The lowest BCUT2D eigenvalue weighted by atomic mass is 10.1. The summed E-state index contributed by atoms with van der Waals surface area (Å²) in [6, 6.07) is 5.08. The van der Waals surface area contributed by atoms with Crippen molar-refractivity contribution < 1.29 is 13.2 Å². The Bertz CT molecular complexity index is 556. The first-order valence-corrected chi connectivity index (χ1v) is 8.65. The fraction of sp³-hybridized carbons (Fsp3) is 0.600. The van der Waals surface area contributed by atoms with Crippen LogP contribution in [-0.2, 0) is 27.7 Å². The van der Waals surface area contributed by atoms with Crippen molar-refractivity contribution in [2.24, 2.45) is 5.73 Å². The van der Waals surface area contributed by atoms with Crippen LogP contribution >= 0.6 is 0 Å². The summed E-state index contributed by atoms with van der Waals surface area (Å²) in [6.07, 6.45) is 0.838. The first-order valence-electron chi connectivity index (χ1n) is 7.21. The van der Waals surface area contributed by atoms with Crippen molar-refractivity contribution in [3.05, 3.63) is 29.3 Å². The van der Waals surface area contributed by atoms with Crippen LogP contribution in [0.5, 0.6) is 0 Å². The SMILES string of the molecule is CCc1ccc(S(=O)(=O)N(CCOC)C(C)C)cc1CN. The van der Waals surface area contributed by atoms with Crippen molar-refractivity contribution in [1.82, 2.24) is 4.31 Å². The average Bonchev–Trinajstić information content (AvgIpc) is 2.46. The summed E-state index contributed by atoms with van der Waals surface area (Å²) < 4.78 is 32.0. The van der Waals surface area contributed by atoms with E-state index < -0.39 is 10.0 Å². The third-order valence-electron chi connectivity index (χ3n) is 3.48. The molecule has 0 saturated heterocycles. The minimum atomic E-state index is -3.53. The zero-order valence-corrected chi connectivity index (χ0v) is 14.1. The summed E-state index contributed by atoms with van der Waals surface area (Å²) >= 11 is 0. The quantitative estimate of drug-likeness (QED) is 0.793. The maximum absolute atomic E-state index is 12.8. The number of nitrogens with two attached hydrogens (primary N) is 1. The smallest absolute Gasteiger partial charge is 0.243 e. The number of methoxy groups -OCH3 is 1. The number of nitrogens with zero attached hydrogens (tertiary/aromatic N) is 1. The zero-order chi connectivity index (χ0) is 16.0. The number of sulfonamides is 1. The molecule has 0 aromatic heterocycles. The van der Waals surface area contributed by atoms with E-state index in [-0.39, 0.29) is 6.04 Å². The van der Waals surface area contributed by atoms with E-state index in [1.807, 2.05) is 26.8 Å². The summed E-state index contributed by atoms with van der Waals surface area (Å²) in [6.45, 7) is 6.79. The van der Waals surface area contributed by atoms with Gasteiger partial charge < -0.3 is 10.5 Å². The van der Waals surface area contributed by atoms with Gasteiger partial charge in [-0.2, -0.15) is 4.31 Å². The zero-order valence-electron chi connectivity index (χ0n) is 13.3. The highest BCUT2D eigenvalue weighted by molar-refractivity contribution is 7.89. The van der Waals surface area contributed by atoms with Gasteiger partial charge in [-0.25, -0.2) is 8.42 Å².